The molecule has 1 aliphatic heterocycles. The number of hydrogen-bond donors (Lipinski definition) is 1. The lowest BCUT2D eigenvalue weighted by atomic mass is 10.5. The fourth-order valence-electron chi connectivity index (χ4n) is 0.931. The quantitative estimate of drug-likeness (QED) is 0.685. The van der Waals surface area contributed by atoms with E-state index in [1.54, 1.807) is 6.20 Å². The van der Waals surface area contributed by atoms with E-state index >= 15 is 0 Å². The number of nitrogens with one attached hydrogen (secondary N) is 1. The predicted molar refractivity (Wildman–Crippen MR) is 52.9 cm³/mol. The van der Waals surface area contributed by atoms with E-state index < -0.39 is 0 Å². The molecule has 1 N–H and O–H groups in total. The minimum absolute atomic E-state index is 0.253. The van der Waals surface area contributed by atoms with Crippen molar-refractivity contribution in [1.82, 2.24) is 10.3 Å². The molecular formula is C7H7N3S2. The maximum atomic E-state index is 5.10. The Balaban J connectivity index is 2.38. The van der Waals surface area contributed by atoms with Gasteiger partial charge in [0.05, 0.1) is 0 Å². The second-order valence-electron chi connectivity index (χ2n) is 2.22. The average Bonchev–Trinajstić information content (AvgIpc) is 2.53. The summed E-state index contributed by atoms with van der Waals surface area (Å²) >= 11 is 5.10. The summed E-state index contributed by atoms with van der Waals surface area (Å²) in [4.78, 5) is 5.11. The van der Waals surface area contributed by atoms with Crippen LogP contribution in [0.5, 0.6) is 0 Å². The molecule has 0 aliphatic carbocycles. The third-order valence-electron chi connectivity index (χ3n) is 1.45. The molecule has 1 atom stereocenters. The molecule has 2 rings (SSSR count). The van der Waals surface area contributed by atoms with Crippen LogP contribution in [0.4, 0.5) is 0 Å². The maximum absolute atomic E-state index is 5.10. The van der Waals surface area contributed by atoms with E-state index in [2.05, 4.69) is 14.7 Å². The van der Waals surface area contributed by atoms with Crippen molar-refractivity contribution in [2.75, 3.05) is 6.67 Å². The Hall–Kier alpha value is -0.810. The normalized spacial score (nSPS) is 21.7. The lowest BCUT2D eigenvalue weighted by Crippen LogP contribution is -2.16. The molecule has 62 valence electrons. The minimum atomic E-state index is -0.253. The van der Waals surface area contributed by atoms with Crippen LogP contribution in [-0.4, -0.2) is 16.0 Å². The van der Waals surface area contributed by atoms with Crippen molar-refractivity contribution in [3.63, 3.8) is 0 Å². The van der Waals surface area contributed by atoms with Gasteiger partial charge in [-0.15, -0.1) is 0 Å². The van der Waals surface area contributed by atoms with Crippen LogP contribution in [0.1, 0.15) is 0 Å². The topological polar surface area (TPSA) is 37.3 Å². The van der Waals surface area contributed by atoms with E-state index in [1.165, 1.54) is 0 Å². The van der Waals surface area contributed by atoms with Gasteiger partial charge in [-0.3, -0.25) is 4.98 Å². The molecule has 0 saturated heterocycles. The molecule has 12 heavy (non-hydrogen) atoms. The molecular weight excluding hydrogens is 190 g/mol. The Labute approximate surface area is 78.3 Å². The van der Waals surface area contributed by atoms with Crippen LogP contribution in [0, 0.1) is 0 Å². The van der Waals surface area contributed by atoms with Crippen molar-refractivity contribution >= 4 is 27.2 Å². The van der Waals surface area contributed by atoms with Crippen LogP contribution < -0.4 is 5.32 Å². The molecule has 5 heteroatoms. The van der Waals surface area contributed by atoms with Gasteiger partial charge in [-0.05, 0) is 22.8 Å². The number of pyridine rings is 1. The summed E-state index contributed by atoms with van der Waals surface area (Å²) in [5, 5.41) is 3.02. The Bertz CT molecular complexity index is 334. The van der Waals surface area contributed by atoms with Crippen molar-refractivity contribution in [3.8, 4) is 0 Å². The highest BCUT2D eigenvalue weighted by Gasteiger charge is 2.11. The molecule has 3 nitrogen and oxygen atoms in total. The Kier molecular flexibility index (Phi) is 2.14. The van der Waals surface area contributed by atoms with Gasteiger partial charge >= 0.3 is 0 Å². The number of thiocarbonyl (C=S) groups is 1. The first kappa shape index (κ1) is 7.82. The van der Waals surface area contributed by atoms with Gasteiger partial charge in [0.25, 0.3) is 0 Å². The molecule has 0 saturated carbocycles. The van der Waals surface area contributed by atoms with Gasteiger partial charge in [0.1, 0.15) is 6.67 Å². The SMILES string of the molecule is S=C1NCN=S1c1cccnc1. The number of hydrogen-bond acceptors (Lipinski definition) is 3. The van der Waals surface area contributed by atoms with E-state index in [0.29, 0.717) is 6.67 Å². The standard InChI is InChI=1S/C7H7N3S2/c11-7-9-5-10-12(7)6-2-1-3-8-4-6/h1-4H,5H2,(H,9,11). The van der Waals surface area contributed by atoms with Crippen LogP contribution in [-0.2, 0) is 10.7 Å². The van der Waals surface area contributed by atoms with E-state index in [-0.39, 0.29) is 10.7 Å². The molecule has 0 amide bonds. The molecule has 1 unspecified atom stereocenters. The largest absolute Gasteiger partial charge is 0.350 e. The van der Waals surface area contributed by atoms with Crippen molar-refractivity contribution < 1.29 is 0 Å². The Morgan fingerprint density at radius 2 is 2.50 bits per heavy atom. The van der Waals surface area contributed by atoms with Crippen molar-refractivity contribution in [2.24, 2.45) is 4.36 Å². The van der Waals surface area contributed by atoms with Gasteiger partial charge < -0.3 is 5.32 Å². The summed E-state index contributed by atoms with van der Waals surface area (Å²) < 4.78 is 5.14. The highest BCUT2D eigenvalue weighted by Crippen LogP contribution is 2.10. The smallest absolute Gasteiger partial charge is 0.150 e. The molecule has 2 heterocycles. The first-order valence-electron chi connectivity index (χ1n) is 3.48. The van der Waals surface area contributed by atoms with E-state index in [9.17, 15) is 0 Å². The Morgan fingerprint density at radius 1 is 1.58 bits per heavy atom. The predicted octanol–water partition coefficient (Wildman–Crippen LogP) is 1.09. The van der Waals surface area contributed by atoms with Gasteiger partial charge in [-0.1, -0.05) is 12.2 Å². The van der Waals surface area contributed by atoms with Gasteiger partial charge in [0.2, 0.25) is 0 Å². The summed E-state index contributed by atoms with van der Waals surface area (Å²) in [6.07, 6.45) is 3.56. The molecule has 0 bridgehead atoms. The van der Waals surface area contributed by atoms with Crippen LogP contribution in [0.15, 0.2) is 33.8 Å². The van der Waals surface area contributed by atoms with E-state index in [1.807, 2.05) is 18.3 Å². The third kappa shape index (κ3) is 1.37. The zero-order chi connectivity index (χ0) is 8.39. The zero-order valence-electron chi connectivity index (χ0n) is 6.23. The van der Waals surface area contributed by atoms with Crippen LogP contribution in [0.2, 0.25) is 0 Å². The summed E-state index contributed by atoms with van der Waals surface area (Å²) in [7, 11) is -0.253. The Morgan fingerprint density at radius 3 is 3.08 bits per heavy atom. The van der Waals surface area contributed by atoms with Gasteiger partial charge in [-0.25, -0.2) is 4.36 Å². The minimum Gasteiger partial charge on any atom is -0.350 e. The molecule has 0 radical (unpaired) electrons. The second-order valence-corrected chi connectivity index (χ2v) is 4.60. The third-order valence-corrected chi connectivity index (χ3v) is 3.64. The average molecular weight is 197 g/mol. The summed E-state index contributed by atoms with van der Waals surface area (Å²) in [5.74, 6) is 0. The highest BCUT2D eigenvalue weighted by atomic mass is 32.2. The van der Waals surface area contributed by atoms with E-state index in [0.717, 1.165) is 9.22 Å². The fraction of sp³-hybridized carbons (Fsp3) is 0.143. The van der Waals surface area contributed by atoms with Crippen LogP contribution in [0.3, 0.4) is 0 Å². The zero-order valence-corrected chi connectivity index (χ0v) is 7.86. The summed E-state index contributed by atoms with van der Waals surface area (Å²) in [6, 6.07) is 3.90. The second kappa shape index (κ2) is 3.28. The first-order chi connectivity index (χ1) is 5.88. The highest BCUT2D eigenvalue weighted by molar-refractivity contribution is 8.14. The number of rotatable bonds is 1. The van der Waals surface area contributed by atoms with Gasteiger partial charge in [-0.2, -0.15) is 0 Å². The first-order valence-corrected chi connectivity index (χ1v) is 5.07. The number of aromatic nitrogens is 1. The molecule has 0 spiro atoms. The van der Waals surface area contributed by atoms with Gasteiger partial charge in [0, 0.05) is 17.3 Å². The van der Waals surface area contributed by atoms with E-state index in [4.69, 9.17) is 12.2 Å². The van der Waals surface area contributed by atoms with Crippen molar-refractivity contribution in [1.29, 1.82) is 0 Å². The van der Waals surface area contributed by atoms with Crippen LogP contribution in [0.25, 0.3) is 0 Å². The molecule has 0 fully saturated rings. The molecule has 1 aromatic heterocycles. The summed E-state index contributed by atoms with van der Waals surface area (Å²) in [6.45, 7) is 0.636. The monoisotopic (exact) mass is 197 g/mol. The molecule has 1 aliphatic rings. The lowest BCUT2D eigenvalue weighted by molar-refractivity contribution is 0.984. The lowest BCUT2D eigenvalue weighted by Gasteiger charge is -1.99. The number of nitrogens with zero attached hydrogens (tertiary/aromatic N) is 2. The summed E-state index contributed by atoms with van der Waals surface area (Å²) in [5.41, 5.74) is 0. The molecule has 1 aromatic rings. The molecule has 0 aromatic carbocycles. The van der Waals surface area contributed by atoms with Crippen LogP contribution >= 0.6 is 12.2 Å². The van der Waals surface area contributed by atoms with Gasteiger partial charge in [0.15, 0.2) is 4.32 Å². The van der Waals surface area contributed by atoms with Crippen molar-refractivity contribution in [2.45, 2.75) is 4.90 Å². The fourth-order valence-corrected chi connectivity index (χ4v) is 2.69. The maximum Gasteiger partial charge on any atom is 0.150 e. The van der Waals surface area contributed by atoms with Crippen molar-refractivity contribution in [3.05, 3.63) is 24.5 Å².